The second-order valence-corrected chi connectivity index (χ2v) is 6.46. The summed E-state index contributed by atoms with van der Waals surface area (Å²) in [4.78, 5) is 23.9. The molecular weight excluding hydrogens is 299 g/mol. The van der Waals surface area contributed by atoms with Crippen LogP contribution in [0.25, 0.3) is 0 Å². The molecule has 110 valence electrons. The van der Waals surface area contributed by atoms with Gasteiger partial charge < -0.3 is 4.74 Å². The number of rotatable bonds is 4. The van der Waals surface area contributed by atoms with Gasteiger partial charge in [-0.2, -0.15) is 0 Å². The minimum absolute atomic E-state index is 0.122. The van der Waals surface area contributed by atoms with Crippen molar-refractivity contribution in [3.05, 3.63) is 33.8 Å². The fourth-order valence-electron chi connectivity index (χ4n) is 1.53. The van der Waals surface area contributed by atoms with E-state index in [0.29, 0.717) is 10.0 Å². The average Bonchev–Trinajstić information content (AvgIpc) is 2.30. The molecule has 0 N–H and O–H groups in total. The van der Waals surface area contributed by atoms with E-state index in [4.69, 9.17) is 27.9 Å². The standard InChI is InChI=1S/C15H18Cl2O3/c1-9(14(19)20-15(2,3)4)13(18)8-10-5-6-11(16)12(17)7-10/h5-7,9H,8H2,1-4H3. The summed E-state index contributed by atoms with van der Waals surface area (Å²) in [5, 5.41) is 0.824. The van der Waals surface area contributed by atoms with E-state index in [1.807, 2.05) is 0 Å². The van der Waals surface area contributed by atoms with Crippen LogP contribution in [0.5, 0.6) is 0 Å². The molecule has 1 unspecified atom stereocenters. The molecule has 0 heterocycles. The van der Waals surface area contributed by atoms with Gasteiger partial charge in [0.25, 0.3) is 0 Å². The van der Waals surface area contributed by atoms with E-state index in [1.54, 1.807) is 45.9 Å². The van der Waals surface area contributed by atoms with Gasteiger partial charge in [0.2, 0.25) is 0 Å². The van der Waals surface area contributed by atoms with Crippen LogP contribution in [-0.2, 0) is 20.7 Å². The van der Waals surface area contributed by atoms with Crippen LogP contribution in [0.2, 0.25) is 10.0 Å². The second kappa shape index (κ2) is 6.59. The molecule has 0 saturated carbocycles. The summed E-state index contributed by atoms with van der Waals surface area (Å²) >= 11 is 11.7. The predicted octanol–water partition coefficient (Wildman–Crippen LogP) is 4.08. The molecule has 5 heteroatoms. The molecule has 1 aromatic rings. The first-order chi connectivity index (χ1) is 9.10. The van der Waals surface area contributed by atoms with E-state index in [1.165, 1.54) is 0 Å². The second-order valence-electron chi connectivity index (χ2n) is 5.65. The fraction of sp³-hybridized carbons (Fsp3) is 0.467. The summed E-state index contributed by atoms with van der Waals surface area (Å²) in [5.74, 6) is -1.52. The first-order valence-corrected chi connectivity index (χ1v) is 7.05. The molecule has 0 aliphatic heterocycles. The highest BCUT2D eigenvalue weighted by atomic mass is 35.5. The summed E-state index contributed by atoms with van der Waals surface area (Å²) in [7, 11) is 0. The third kappa shape index (κ3) is 5.14. The number of halogens is 2. The Morgan fingerprint density at radius 3 is 2.30 bits per heavy atom. The van der Waals surface area contributed by atoms with Crippen LogP contribution in [0.4, 0.5) is 0 Å². The number of carbonyl (C=O) groups is 2. The first kappa shape index (κ1) is 17.0. The molecule has 1 rings (SSSR count). The summed E-state index contributed by atoms with van der Waals surface area (Å²) < 4.78 is 5.19. The number of carbonyl (C=O) groups excluding carboxylic acids is 2. The maximum absolute atomic E-state index is 12.1. The van der Waals surface area contributed by atoms with Crippen LogP contribution in [0.3, 0.4) is 0 Å². The Kier molecular flexibility index (Phi) is 5.60. The zero-order chi connectivity index (χ0) is 15.5. The number of esters is 1. The van der Waals surface area contributed by atoms with Crippen LogP contribution >= 0.6 is 23.2 Å². The van der Waals surface area contributed by atoms with Gasteiger partial charge >= 0.3 is 5.97 Å². The number of ether oxygens (including phenoxy) is 1. The summed E-state index contributed by atoms with van der Waals surface area (Å²) in [6, 6.07) is 4.97. The molecule has 0 saturated heterocycles. The van der Waals surface area contributed by atoms with Crippen LogP contribution in [0.1, 0.15) is 33.3 Å². The number of Topliss-reactive ketones (excluding diaryl/α,β-unsaturated/α-hetero) is 1. The molecule has 0 aliphatic rings. The van der Waals surface area contributed by atoms with E-state index in [0.717, 1.165) is 5.56 Å². The molecule has 0 aliphatic carbocycles. The van der Waals surface area contributed by atoms with Crippen molar-refractivity contribution in [1.82, 2.24) is 0 Å². The molecular formula is C15H18Cl2O3. The topological polar surface area (TPSA) is 43.4 Å². The smallest absolute Gasteiger partial charge is 0.316 e. The molecule has 0 fully saturated rings. The van der Waals surface area contributed by atoms with Crippen molar-refractivity contribution in [3.8, 4) is 0 Å². The number of hydrogen-bond donors (Lipinski definition) is 0. The van der Waals surface area contributed by atoms with Gasteiger partial charge in [0.1, 0.15) is 11.5 Å². The fourth-order valence-corrected chi connectivity index (χ4v) is 1.85. The zero-order valence-corrected chi connectivity index (χ0v) is 13.5. The Morgan fingerprint density at radius 2 is 1.80 bits per heavy atom. The van der Waals surface area contributed by atoms with Gasteiger partial charge in [-0.1, -0.05) is 29.3 Å². The minimum Gasteiger partial charge on any atom is -0.459 e. The monoisotopic (exact) mass is 316 g/mol. The third-order valence-electron chi connectivity index (χ3n) is 2.61. The molecule has 1 aromatic carbocycles. The van der Waals surface area contributed by atoms with E-state index in [2.05, 4.69) is 0 Å². The van der Waals surface area contributed by atoms with Crippen molar-refractivity contribution in [2.45, 2.75) is 39.7 Å². The number of ketones is 1. The van der Waals surface area contributed by atoms with Crippen molar-refractivity contribution in [3.63, 3.8) is 0 Å². The number of hydrogen-bond acceptors (Lipinski definition) is 3. The average molecular weight is 317 g/mol. The maximum Gasteiger partial charge on any atom is 0.316 e. The lowest BCUT2D eigenvalue weighted by atomic mass is 9.99. The van der Waals surface area contributed by atoms with Gasteiger partial charge in [-0.05, 0) is 45.4 Å². The molecule has 0 radical (unpaired) electrons. The Morgan fingerprint density at radius 1 is 1.20 bits per heavy atom. The van der Waals surface area contributed by atoms with Gasteiger partial charge in [-0.15, -0.1) is 0 Å². The first-order valence-electron chi connectivity index (χ1n) is 6.29. The maximum atomic E-state index is 12.1. The highest BCUT2D eigenvalue weighted by molar-refractivity contribution is 6.42. The molecule has 1 atom stereocenters. The Hall–Kier alpha value is -1.06. The third-order valence-corrected chi connectivity index (χ3v) is 3.34. The molecule has 0 amide bonds. The molecule has 0 bridgehead atoms. The molecule has 0 aromatic heterocycles. The normalized spacial score (nSPS) is 12.9. The largest absolute Gasteiger partial charge is 0.459 e. The molecule has 20 heavy (non-hydrogen) atoms. The van der Waals surface area contributed by atoms with Gasteiger partial charge in [0.15, 0.2) is 5.78 Å². The Bertz CT molecular complexity index is 518. The van der Waals surface area contributed by atoms with Crippen molar-refractivity contribution in [2.75, 3.05) is 0 Å². The van der Waals surface area contributed by atoms with Crippen molar-refractivity contribution in [1.29, 1.82) is 0 Å². The number of benzene rings is 1. The van der Waals surface area contributed by atoms with E-state index >= 15 is 0 Å². The summed E-state index contributed by atoms with van der Waals surface area (Å²) in [5.41, 5.74) is 0.120. The Labute approximate surface area is 129 Å². The van der Waals surface area contributed by atoms with Crippen LogP contribution in [0, 0.1) is 5.92 Å². The summed E-state index contributed by atoms with van der Waals surface area (Å²) in [6.45, 7) is 6.84. The van der Waals surface area contributed by atoms with Crippen molar-refractivity contribution >= 4 is 35.0 Å². The van der Waals surface area contributed by atoms with E-state index in [-0.39, 0.29) is 12.2 Å². The highest BCUT2D eigenvalue weighted by Crippen LogP contribution is 2.23. The Balaban J connectivity index is 2.70. The quantitative estimate of drug-likeness (QED) is 0.621. The molecule has 0 spiro atoms. The lowest BCUT2D eigenvalue weighted by molar-refractivity contribution is -0.161. The lowest BCUT2D eigenvalue weighted by Gasteiger charge is -2.21. The van der Waals surface area contributed by atoms with Crippen molar-refractivity contribution < 1.29 is 14.3 Å². The highest BCUT2D eigenvalue weighted by Gasteiger charge is 2.27. The van der Waals surface area contributed by atoms with Gasteiger partial charge in [0, 0.05) is 6.42 Å². The zero-order valence-electron chi connectivity index (χ0n) is 12.0. The van der Waals surface area contributed by atoms with E-state index < -0.39 is 17.5 Å². The summed E-state index contributed by atoms with van der Waals surface area (Å²) in [6.07, 6.45) is 0.122. The van der Waals surface area contributed by atoms with Crippen molar-refractivity contribution in [2.24, 2.45) is 5.92 Å². The van der Waals surface area contributed by atoms with Crippen LogP contribution in [0.15, 0.2) is 18.2 Å². The van der Waals surface area contributed by atoms with E-state index in [9.17, 15) is 9.59 Å². The predicted molar refractivity (Wildman–Crippen MR) is 80.2 cm³/mol. The SMILES string of the molecule is CC(C(=O)Cc1ccc(Cl)c(Cl)c1)C(=O)OC(C)(C)C. The lowest BCUT2D eigenvalue weighted by Crippen LogP contribution is -2.31. The molecule has 3 nitrogen and oxygen atoms in total. The van der Waals surface area contributed by atoms with Crippen LogP contribution < -0.4 is 0 Å². The van der Waals surface area contributed by atoms with Crippen LogP contribution in [-0.4, -0.2) is 17.4 Å². The van der Waals surface area contributed by atoms with Gasteiger partial charge in [0.05, 0.1) is 10.0 Å². The van der Waals surface area contributed by atoms with Gasteiger partial charge in [-0.3, -0.25) is 9.59 Å². The van der Waals surface area contributed by atoms with Gasteiger partial charge in [-0.25, -0.2) is 0 Å². The minimum atomic E-state index is -0.802.